The molecule has 6 fully saturated rings. The van der Waals surface area contributed by atoms with E-state index in [1.807, 2.05) is 0 Å². The predicted molar refractivity (Wildman–Crippen MR) is 111 cm³/mol. The Labute approximate surface area is 184 Å². The number of hydrogen-bond donors (Lipinski definition) is 0. The SMILES string of the molecule is CON=C1CC2C(CC[C@@]3(C)C2C[C@@H](F)C32OCCO2)[C@@]2(C)CCC3(CC12)OCCO3. The zero-order chi connectivity index (χ0) is 21.5. The van der Waals surface area contributed by atoms with E-state index in [-0.39, 0.29) is 22.7 Å². The van der Waals surface area contributed by atoms with E-state index >= 15 is 4.39 Å². The van der Waals surface area contributed by atoms with Gasteiger partial charge in [-0.3, -0.25) is 0 Å². The van der Waals surface area contributed by atoms with Crippen molar-refractivity contribution in [3.05, 3.63) is 0 Å². The first-order valence-corrected chi connectivity index (χ1v) is 12.2. The molecule has 2 spiro atoms. The summed E-state index contributed by atoms with van der Waals surface area (Å²) in [7, 11) is 1.63. The zero-order valence-corrected chi connectivity index (χ0v) is 19.0. The van der Waals surface area contributed by atoms with Crippen LogP contribution in [0.4, 0.5) is 4.39 Å². The molecule has 2 aliphatic heterocycles. The number of halogens is 1. The van der Waals surface area contributed by atoms with Gasteiger partial charge >= 0.3 is 0 Å². The van der Waals surface area contributed by atoms with Crippen LogP contribution < -0.4 is 0 Å². The summed E-state index contributed by atoms with van der Waals surface area (Å²) < 4.78 is 39.8. The molecule has 0 aromatic rings. The van der Waals surface area contributed by atoms with Crippen LogP contribution in [0, 0.1) is 34.5 Å². The molecule has 0 radical (unpaired) electrons. The molecule has 4 aliphatic carbocycles. The van der Waals surface area contributed by atoms with Crippen LogP contribution in [0.15, 0.2) is 5.16 Å². The van der Waals surface area contributed by atoms with Gasteiger partial charge in [-0.2, -0.15) is 0 Å². The number of nitrogens with zero attached hydrogens (tertiary/aromatic N) is 1. The largest absolute Gasteiger partial charge is 0.399 e. The van der Waals surface area contributed by atoms with Gasteiger partial charge in [0.05, 0.1) is 32.1 Å². The van der Waals surface area contributed by atoms with Crippen molar-refractivity contribution in [1.29, 1.82) is 0 Å². The summed E-state index contributed by atoms with van der Waals surface area (Å²) in [6.45, 7) is 6.99. The molecular formula is C24H36FNO5. The normalized spacial score (nSPS) is 51.1. The van der Waals surface area contributed by atoms with Crippen molar-refractivity contribution in [3.63, 3.8) is 0 Å². The second-order valence-corrected chi connectivity index (χ2v) is 11.2. The minimum atomic E-state index is -1.06. The van der Waals surface area contributed by atoms with E-state index in [0.29, 0.717) is 44.7 Å². The Kier molecular flexibility index (Phi) is 4.62. The van der Waals surface area contributed by atoms with Gasteiger partial charge in [-0.25, -0.2) is 4.39 Å². The first-order chi connectivity index (χ1) is 14.9. The second-order valence-electron chi connectivity index (χ2n) is 11.2. The van der Waals surface area contributed by atoms with E-state index in [4.69, 9.17) is 23.8 Å². The molecule has 0 amide bonds. The van der Waals surface area contributed by atoms with Gasteiger partial charge in [0.2, 0.25) is 5.79 Å². The van der Waals surface area contributed by atoms with E-state index in [0.717, 1.165) is 44.2 Å². The zero-order valence-electron chi connectivity index (χ0n) is 19.0. The first kappa shape index (κ1) is 20.8. The molecule has 6 rings (SSSR count). The van der Waals surface area contributed by atoms with Crippen LogP contribution in [0.2, 0.25) is 0 Å². The van der Waals surface area contributed by atoms with Gasteiger partial charge in [-0.15, -0.1) is 0 Å². The van der Waals surface area contributed by atoms with E-state index < -0.39 is 17.7 Å². The van der Waals surface area contributed by atoms with Crippen molar-refractivity contribution >= 4 is 5.71 Å². The number of oxime groups is 1. The molecule has 7 heteroatoms. The summed E-state index contributed by atoms with van der Waals surface area (Å²) in [4.78, 5) is 5.34. The molecule has 7 atom stereocenters. The highest BCUT2D eigenvalue weighted by Crippen LogP contribution is 2.70. The van der Waals surface area contributed by atoms with Gasteiger partial charge in [0.1, 0.15) is 7.11 Å². The second kappa shape index (κ2) is 6.87. The standard InChI is InChI=1S/C24H36FNO5/c1-21-6-7-23(28-8-9-29-23)14-18(21)19(26-27-3)12-15-16(21)4-5-22(2)17(15)13-20(25)24(22)30-10-11-31-24/h15-18,20H,4-14H2,1-3H3/t15?,16?,17?,18?,20-,21-,22+/m1/s1. The Morgan fingerprint density at radius 1 is 0.968 bits per heavy atom. The third-order valence-electron chi connectivity index (χ3n) is 10.3. The summed E-state index contributed by atoms with van der Waals surface area (Å²) in [6.07, 6.45) is 5.17. The highest BCUT2D eigenvalue weighted by molar-refractivity contribution is 5.88. The van der Waals surface area contributed by atoms with Crippen LogP contribution in [0.1, 0.15) is 58.8 Å². The van der Waals surface area contributed by atoms with Crippen molar-refractivity contribution < 1.29 is 28.2 Å². The Hall–Kier alpha value is -0.760. The first-order valence-electron chi connectivity index (χ1n) is 12.2. The van der Waals surface area contributed by atoms with Crippen molar-refractivity contribution in [2.24, 2.45) is 39.7 Å². The summed E-state index contributed by atoms with van der Waals surface area (Å²) >= 11 is 0. The topological polar surface area (TPSA) is 58.5 Å². The highest BCUT2D eigenvalue weighted by atomic mass is 19.1. The van der Waals surface area contributed by atoms with Gasteiger partial charge in [-0.1, -0.05) is 19.0 Å². The maximum Gasteiger partial charge on any atom is 0.205 e. The number of alkyl halides is 1. The summed E-state index contributed by atoms with van der Waals surface area (Å²) in [6, 6.07) is 0. The fourth-order valence-corrected chi connectivity index (χ4v) is 8.84. The molecule has 4 unspecified atom stereocenters. The lowest BCUT2D eigenvalue weighted by molar-refractivity contribution is -0.266. The molecule has 0 bridgehead atoms. The van der Waals surface area contributed by atoms with Crippen molar-refractivity contribution in [2.75, 3.05) is 33.5 Å². The lowest BCUT2D eigenvalue weighted by atomic mass is 9.44. The predicted octanol–water partition coefficient (Wildman–Crippen LogP) is 4.08. The molecule has 0 N–H and O–H groups in total. The molecule has 4 saturated carbocycles. The third-order valence-corrected chi connectivity index (χ3v) is 10.3. The molecule has 6 aliphatic rings. The number of hydrogen-bond acceptors (Lipinski definition) is 6. The Morgan fingerprint density at radius 3 is 2.39 bits per heavy atom. The van der Waals surface area contributed by atoms with Crippen LogP contribution in [0.5, 0.6) is 0 Å². The van der Waals surface area contributed by atoms with E-state index in [1.165, 1.54) is 0 Å². The van der Waals surface area contributed by atoms with Crippen molar-refractivity contribution in [1.82, 2.24) is 0 Å². The number of rotatable bonds is 1. The number of ether oxygens (including phenoxy) is 4. The fourth-order valence-electron chi connectivity index (χ4n) is 8.84. The summed E-state index contributed by atoms with van der Waals surface area (Å²) in [5.74, 6) is -0.0925. The van der Waals surface area contributed by atoms with Crippen LogP contribution in [-0.2, 0) is 23.8 Å². The van der Waals surface area contributed by atoms with Crippen LogP contribution in [0.3, 0.4) is 0 Å². The molecule has 6 nitrogen and oxygen atoms in total. The maximum absolute atomic E-state index is 15.5. The lowest BCUT2D eigenvalue weighted by Crippen LogP contribution is -2.61. The molecule has 2 heterocycles. The van der Waals surface area contributed by atoms with Gasteiger partial charge < -0.3 is 23.8 Å². The average molecular weight is 438 g/mol. The minimum Gasteiger partial charge on any atom is -0.399 e. The fraction of sp³-hybridized carbons (Fsp3) is 0.958. The number of fused-ring (bicyclic) bond motifs is 6. The van der Waals surface area contributed by atoms with Crippen molar-refractivity contribution in [3.8, 4) is 0 Å². The molecular weight excluding hydrogens is 401 g/mol. The van der Waals surface area contributed by atoms with Crippen LogP contribution >= 0.6 is 0 Å². The monoisotopic (exact) mass is 437 g/mol. The molecule has 2 saturated heterocycles. The molecule has 174 valence electrons. The Bertz CT molecular complexity index is 763. The summed E-state index contributed by atoms with van der Waals surface area (Å²) in [5, 5.41) is 4.55. The van der Waals surface area contributed by atoms with Crippen LogP contribution in [-0.4, -0.2) is 57.0 Å². The quantitative estimate of drug-likeness (QED) is 0.579. The Balaban J connectivity index is 1.36. The minimum absolute atomic E-state index is 0.0983. The molecule has 31 heavy (non-hydrogen) atoms. The van der Waals surface area contributed by atoms with Crippen molar-refractivity contribution in [2.45, 2.75) is 76.5 Å². The van der Waals surface area contributed by atoms with Gasteiger partial charge in [-0.05, 0) is 55.3 Å². The van der Waals surface area contributed by atoms with Crippen LogP contribution in [0.25, 0.3) is 0 Å². The maximum atomic E-state index is 15.5. The van der Waals surface area contributed by atoms with E-state index in [1.54, 1.807) is 7.11 Å². The van der Waals surface area contributed by atoms with E-state index in [2.05, 4.69) is 19.0 Å². The smallest absolute Gasteiger partial charge is 0.205 e. The van der Waals surface area contributed by atoms with Gasteiger partial charge in [0, 0.05) is 24.2 Å². The van der Waals surface area contributed by atoms with Gasteiger partial charge in [0.25, 0.3) is 0 Å². The third kappa shape index (κ3) is 2.61. The molecule has 0 aromatic carbocycles. The van der Waals surface area contributed by atoms with Gasteiger partial charge in [0.15, 0.2) is 12.0 Å². The van der Waals surface area contributed by atoms with E-state index in [9.17, 15) is 0 Å². The average Bonchev–Trinajstić information content (AvgIpc) is 3.47. The summed E-state index contributed by atoms with van der Waals surface area (Å²) in [5.41, 5.74) is 0.915. The Morgan fingerprint density at radius 2 is 1.68 bits per heavy atom. The molecule has 0 aromatic heterocycles. The highest BCUT2D eigenvalue weighted by Gasteiger charge is 2.72. The lowest BCUT2D eigenvalue weighted by Gasteiger charge is -2.62.